The van der Waals surface area contributed by atoms with Gasteiger partial charge in [0, 0.05) is 25.7 Å². The minimum atomic E-state index is -0.232. The first-order valence-corrected chi connectivity index (χ1v) is 10.0. The van der Waals surface area contributed by atoms with Crippen LogP contribution >= 0.6 is 0 Å². The normalized spacial score (nSPS) is 20.9. The van der Waals surface area contributed by atoms with E-state index in [0.717, 1.165) is 36.9 Å². The molecule has 2 aromatic carbocycles. The lowest BCUT2D eigenvalue weighted by Gasteiger charge is -2.34. The van der Waals surface area contributed by atoms with E-state index in [9.17, 15) is 9.59 Å². The van der Waals surface area contributed by atoms with E-state index < -0.39 is 0 Å². The summed E-state index contributed by atoms with van der Waals surface area (Å²) in [5, 5.41) is 0. The summed E-state index contributed by atoms with van der Waals surface area (Å²) in [6.45, 7) is 2.37. The molecule has 2 aromatic rings. The van der Waals surface area contributed by atoms with Crippen molar-refractivity contribution in [1.82, 2.24) is 9.80 Å². The molecule has 0 radical (unpaired) electrons. The van der Waals surface area contributed by atoms with Crippen LogP contribution < -0.4 is 0 Å². The number of carbonyl (C=O) groups is 2. The van der Waals surface area contributed by atoms with Crippen LogP contribution in [-0.4, -0.2) is 34.2 Å². The Morgan fingerprint density at radius 3 is 2.57 bits per heavy atom. The van der Waals surface area contributed by atoms with E-state index >= 15 is 0 Å². The Morgan fingerprint density at radius 1 is 1.04 bits per heavy atom. The van der Waals surface area contributed by atoms with Gasteiger partial charge < -0.3 is 9.80 Å². The highest BCUT2D eigenvalue weighted by molar-refractivity contribution is 5.82. The van der Waals surface area contributed by atoms with Gasteiger partial charge in [0.1, 0.15) is 0 Å². The number of nitrogens with zero attached hydrogens (tertiary/aromatic N) is 2. The number of carbonyl (C=O) groups excluding carboxylic acids is 2. The third kappa shape index (κ3) is 3.72. The van der Waals surface area contributed by atoms with Crippen LogP contribution in [0.25, 0.3) is 6.08 Å². The van der Waals surface area contributed by atoms with Gasteiger partial charge in [0.25, 0.3) is 0 Å². The predicted molar refractivity (Wildman–Crippen MR) is 110 cm³/mol. The quantitative estimate of drug-likeness (QED) is 0.805. The van der Waals surface area contributed by atoms with E-state index in [0.29, 0.717) is 6.42 Å². The molecule has 0 bridgehead atoms. The van der Waals surface area contributed by atoms with Crippen molar-refractivity contribution in [2.24, 2.45) is 0 Å². The van der Waals surface area contributed by atoms with Gasteiger partial charge in [0.15, 0.2) is 0 Å². The van der Waals surface area contributed by atoms with Crippen LogP contribution in [0.2, 0.25) is 0 Å². The minimum absolute atomic E-state index is 0.0363. The van der Waals surface area contributed by atoms with E-state index in [1.807, 2.05) is 59.6 Å². The maximum atomic E-state index is 13.3. The Balaban J connectivity index is 1.52. The smallest absolute Gasteiger partial charge is 0.225 e. The van der Waals surface area contributed by atoms with Crippen molar-refractivity contribution in [3.8, 4) is 0 Å². The number of amides is 2. The first kappa shape index (κ1) is 18.5. The van der Waals surface area contributed by atoms with Crippen LogP contribution in [0, 0.1) is 0 Å². The van der Waals surface area contributed by atoms with E-state index in [1.165, 1.54) is 5.56 Å². The summed E-state index contributed by atoms with van der Waals surface area (Å²) in [5.74, 6) is 0.102. The molecular weight excluding hydrogens is 348 g/mol. The van der Waals surface area contributed by atoms with Gasteiger partial charge in [0.2, 0.25) is 11.8 Å². The fourth-order valence-electron chi connectivity index (χ4n) is 4.46. The van der Waals surface area contributed by atoms with E-state index in [2.05, 4.69) is 12.1 Å². The summed E-state index contributed by atoms with van der Waals surface area (Å²) in [5.41, 5.74) is 3.40. The zero-order valence-electron chi connectivity index (χ0n) is 16.3. The zero-order chi connectivity index (χ0) is 19.5. The molecule has 4 nitrogen and oxygen atoms in total. The Bertz CT molecular complexity index is 890. The predicted octanol–water partition coefficient (Wildman–Crippen LogP) is 4.18. The van der Waals surface area contributed by atoms with Gasteiger partial charge in [-0.25, -0.2) is 0 Å². The molecule has 28 heavy (non-hydrogen) atoms. The van der Waals surface area contributed by atoms with Gasteiger partial charge in [-0.3, -0.25) is 9.59 Å². The molecule has 1 fully saturated rings. The van der Waals surface area contributed by atoms with Gasteiger partial charge in [-0.2, -0.15) is 0 Å². The first-order chi connectivity index (χ1) is 13.6. The molecule has 144 valence electrons. The zero-order valence-corrected chi connectivity index (χ0v) is 16.3. The number of benzene rings is 2. The van der Waals surface area contributed by atoms with Crippen molar-refractivity contribution >= 4 is 17.9 Å². The molecular formula is C24H26N2O2. The van der Waals surface area contributed by atoms with Crippen LogP contribution in [0.1, 0.15) is 48.9 Å². The summed E-state index contributed by atoms with van der Waals surface area (Å²) in [6.07, 6.45) is 7.06. The van der Waals surface area contributed by atoms with Gasteiger partial charge in [-0.05, 0) is 42.0 Å². The number of hydrogen-bond donors (Lipinski definition) is 0. The van der Waals surface area contributed by atoms with Crippen molar-refractivity contribution in [2.45, 2.75) is 44.7 Å². The van der Waals surface area contributed by atoms with Crippen molar-refractivity contribution in [2.75, 3.05) is 6.54 Å². The average molecular weight is 374 g/mol. The second-order valence-corrected chi connectivity index (χ2v) is 7.66. The van der Waals surface area contributed by atoms with E-state index in [4.69, 9.17) is 0 Å². The summed E-state index contributed by atoms with van der Waals surface area (Å²) in [6, 6.07) is 18.4. The number of likely N-dealkylation sites (tertiary alicyclic amines) is 1. The van der Waals surface area contributed by atoms with Crippen LogP contribution in [0.3, 0.4) is 0 Å². The Labute approximate surface area is 166 Å². The summed E-state index contributed by atoms with van der Waals surface area (Å²) in [7, 11) is 0. The third-order valence-electron chi connectivity index (χ3n) is 5.85. The molecule has 4 rings (SSSR count). The average Bonchev–Trinajstić information content (AvgIpc) is 3.17. The third-order valence-corrected chi connectivity index (χ3v) is 5.85. The minimum Gasteiger partial charge on any atom is -0.339 e. The Kier molecular flexibility index (Phi) is 5.29. The molecule has 0 spiro atoms. The standard InChI is InChI=1S/C24H26N2O2/c1-18(27)25-15-13-20-10-5-6-12-22(20)23(25)17-24(28)26-14-7-11-21(26)16-19-8-3-2-4-9-19/h2-6,8-10,12-13,15,21,23H,7,11,14,16-17H2,1H3. The highest BCUT2D eigenvalue weighted by atomic mass is 16.2. The summed E-state index contributed by atoms with van der Waals surface area (Å²) >= 11 is 0. The van der Waals surface area contributed by atoms with Crippen LogP contribution in [0.4, 0.5) is 0 Å². The van der Waals surface area contributed by atoms with Crippen molar-refractivity contribution in [1.29, 1.82) is 0 Å². The highest BCUT2D eigenvalue weighted by Crippen LogP contribution is 2.34. The Hall–Kier alpha value is -2.88. The number of fused-ring (bicyclic) bond motifs is 1. The first-order valence-electron chi connectivity index (χ1n) is 10.0. The second kappa shape index (κ2) is 8.01. The monoisotopic (exact) mass is 374 g/mol. The Morgan fingerprint density at radius 2 is 1.79 bits per heavy atom. The molecule has 2 amide bonds. The van der Waals surface area contributed by atoms with Crippen molar-refractivity contribution in [3.05, 3.63) is 77.5 Å². The second-order valence-electron chi connectivity index (χ2n) is 7.66. The maximum Gasteiger partial charge on any atom is 0.225 e. The largest absolute Gasteiger partial charge is 0.339 e. The number of rotatable bonds is 4. The van der Waals surface area contributed by atoms with Gasteiger partial charge in [0.05, 0.1) is 12.5 Å². The lowest BCUT2D eigenvalue weighted by molar-refractivity contribution is -0.135. The lowest BCUT2D eigenvalue weighted by atomic mass is 9.93. The lowest BCUT2D eigenvalue weighted by Crippen LogP contribution is -2.40. The molecule has 0 aliphatic carbocycles. The van der Waals surface area contributed by atoms with Crippen LogP contribution in [0.15, 0.2) is 60.8 Å². The molecule has 2 heterocycles. The van der Waals surface area contributed by atoms with Gasteiger partial charge >= 0.3 is 0 Å². The molecule has 2 atom stereocenters. The topological polar surface area (TPSA) is 40.6 Å². The number of hydrogen-bond acceptors (Lipinski definition) is 2. The molecule has 2 aliphatic heterocycles. The fourth-order valence-corrected chi connectivity index (χ4v) is 4.46. The van der Waals surface area contributed by atoms with Gasteiger partial charge in [-0.1, -0.05) is 54.6 Å². The van der Waals surface area contributed by atoms with Crippen molar-refractivity contribution < 1.29 is 9.59 Å². The van der Waals surface area contributed by atoms with Crippen LogP contribution in [-0.2, 0) is 16.0 Å². The van der Waals surface area contributed by atoms with E-state index in [-0.39, 0.29) is 23.9 Å². The highest BCUT2D eigenvalue weighted by Gasteiger charge is 2.34. The molecule has 0 aromatic heterocycles. The fraction of sp³-hybridized carbons (Fsp3) is 0.333. The molecule has 0 saturated carbocycles. The van der Waals surface area contributed by atoms with Crippen molar-refractivity contribution in [3.63, 3.8) is 0 Å². The molecule has 4 heteroatoms. The summed E-state index contributed by atoms with van der Waals surface area (Å²) < 4.78 is 0. The molecule has 2 unspecified atom stereocenters. The molecule has 0 N–H and O–H groups in total. The summed E-state index contributed by atoms with van der Waals surface area (Å²) in [4.78, 5) is 29.2. The molecule has 1 saturated heterocycles. The SMILES string of the molecule is CC(=O)N1C=Cc2ccccc2C1CC(=O)N1CCCC1Cc1ccccc1. The van der Waals surface area contributed by atoms with Gasteiger partial charge in [-0.15, -0.1) is 0 Å². The molecule has 2 aliphatic rings. The van der Waals surface area contributed by atoms with Crippen LogP contribution in [0.5, 0.6) is 0 Å². The maximum absolute atomic E-state index is 13.3. The van der Waals surface area contributed by atoms with E-state index in [1.54, 1.807) is 11.8 Å².